The van der Waals surface area contributed by atoms with E-state index in [1.807, 2.05) is 29.6 Å². The molecule has 0 amide bonds. The van der Waals surface area contributed by atoms with Gasteiger partial charge in [-0.15, -0.1) is 13.2 Å². The Hall–Kier alpha value is -1.12. The van der Waals surface area contributed by atoms with Gasteiger partial charge < -0.3 is 4.43 Å². The molecule has 92 valence electrons. The molecule has 0 spiro atoms. The Bertz CT molecular complexity index is 337. The largest absolute Gasteiger partial charge is 0.405 e. The Labute approximate surface area is 106 Å². The topological polar surface area (TPSA) is 9.23 Å². The number of hydrogen-bond donors (Lipinski definition) is 0. The van der Waals surface area contributed by atoms with Gasteiger partial charge in [-0.2, -0.15) is 0 Å². The van der Waals surface area contributed by atoms with Gasteiger partial charge in [0.2, 0.25) is 0 Å². The minimum Gasteiger partial charge on any atom is -0.405 e. The molecule has 0 aliphatic carbocycles. The normalized spacial score (nSPS) is 11.1. The number of unbranched alkanes of at least 4 members (excludes halogenated alkanes) is 2. The number of benzene rings is 1. The van der Waals surface area contributed by atoms with Gasteiger partial charge in [0.1, 0.15) is 0 Å². The van der Waals surface area contributed by atoms with E-state index in [-0.39, 0.29) is 0 Å². The van der Waals surface area contributed by atoms with E-state index in [2.05, 4.69) is 32.2 Å². The molecule has 0 radical (unpaired) electrons. The van der Waals surface area contributed by atoms with E-state index in [0.29, 0.717) is 0 Å². The van der Waals surface area contributed by atoms with Gasteiger partial charge in [-0.05, 0) is 11.6 Å². The van der Waals surface area contributed by atoms with Crippen molar-refractivity contribution >= 4 is 13.5 Å². The quantitative estimate of drug-likeness (QED) is 0.504. The number of hydrogen-bond acceptors (Lipinski definition) is 1. The maximum Gasteiger partial charge on any atom is 0.272 e. The molecule has 0 unspecified atom stereocenters. The van der Waals surface area contributed by atoms with E-state index < -0.39 is 8.32 Å². The van der Waals surface area contributed by atoms with Crippen LogP contribution in [0.3, 0.4) is 0 Å². The van der Waals surface area contributed by atoms with Crippen LogP contribution in [0.5, 0.6) is 0 Å². The van der Waals surface area contributed by atoms with Crippen LogP contribution in [-0.2, 0) is 4.43 Å². The van der Waals surface area contributed by atoms with Crippen LogP contribution in [-0.4, -0.2) is 14.9 Å². The first-order chi connectivity index (χ1) is 8.29. The first-order valence-electron chi connectivity index (χ1n) is 6.25. The van der Waals surface area contributed by atoms with Gasteiger partial charge >= 0.3 is 0 Å². The molecular formula is C15H22OSi. The second kappa shape index (κ2) is 7.25. The fourth-order valence-electron chi connectivity index (χ4n) is 1.81. The van der Waals surface area contributed by atoms with Crippen molar-refractivity contribution < 1.29 is 4.43 Å². The summed E-state index contributed by atoms with van der Waals surface area (Å²) in [6.07, 6.45) is 3.54. The van der Waals surface area contributed by atoms with Crippen molar-refractivity contribution in [1.82, 2.24) is 0 Å². The van der Waals surface area contributed by atoms with Gasteiger partial charge in [-0.1, -0.05) is 61.5 Å². The van der Waals surface area contributed by atoms with E-state index in [0.717, 1.165) is 13.0 Å². The molecule has 1 aromatic rings. The van der Waals surface area contributed by atoms with Crippen molar-refractivity contribution in [2.45, 2.75) is 26.2 Å². The fourth-order valence-corrected chi connectivity index (χ4v) is 4.05. The van der Waals surface area contributed by atoms with Crippen LogP contribution in [0.25, 0.3) is 0 Å². The van der Waals surface area contributed by atoms with E-state index in [1.54, 1.807) is 0 Å². The maximum absolute atomic E-state index is 6.12. The lowest BCUT2D eigenvalue weighted by atomic mass is 10.3. The van der Waals surface area contributed by atoms with Crippen molar-refractivity contribution in [1.29, 1.82) is 0 Å². The van der Waals surface area contributed by atoms with E-state index in [4.69, 9.17) is 4.43 Å². The third-order valence-electron chi connectivity index (χ3n) is 2.92. The molecule has 0 aliphatic heterocycles. The smallest absolute Gasteiger partial charge is 0.272 e. The molecule has 0 saturated carbocycles. The molecule has 0 aromatic heterocycles. The van der Waals surface area contributed by atoms with Crippen molar-refractivity contribution in [2.75, 3.05) is 6.61 Å². The fraction of sp³-hybridized carbons (Fsp3) is 0.333. The van der Waals surface area contributed by atoms with Gasteiger partial charge in [0.15, 0.2) is 0 Å². The lowest BCUT2D eigenvalue weighted by molar-refractivity contribution is 0.310. The van der Waals surface area contributed by atoms with Gasteiger partial charge in [0.25, 0.3) is 8.32 Å². The van der Waals surface area contributed by atoms with Crippen LogP contribution in [0.4, 0.5) is 0 Å². The highest BCUT2D eigenvalue weighted by atomic mass is 28.4. The minimum atomic E-state index is -2.14. The summed E-state index contributed by atoms with van der Waals surface area (Å²) in [7, 11) is -2.14. The second-order valence-electron chi connectivity index (χ2n) is 4.12. The SMILES string of the molecule is C=C[Si](C=C)(OCCCCC)c1ccccc1. The van der Waals surface area contributed by atoms with Gasteiger partial charge in [-0.3, -0.25) is 0 Å². The summed E-state index contributed by atoms with van der Waals surface area (Å²) < 4.78 is 6.12. The molecule has 0 bridgehead atoms. The predicted molar refractivity (Wildman–Crippen MR) is 77.7 cm³/mol. The Morgan fingerprint density at radius 1 is 1.12 bits per heavy atom. The van der Waals surface area contributed by atoms with Crippen molar-refractivity contribution in [3.63, 3.8) is 0 Å². The molecule has 1 rings (SSSR count). The lowest BCUT2D eigenvalue weighted by Gasteiger charge is -2.25. The van der Waals surface area contributed by atoms with Crippen LogP contribution >= 0.6 is 0 Å². The molecule has 0 N–H and O–H groups in total. The predicted octanol–water partition coefficient (Wildman–Crippen LogP) is 3.50. The molecule has 0 atom stereocenters. The first kappa shape index (κ1) is 13.9. The molecular weight excluding hydrogens is 224 g/mol. The summed E-state index contributed by atoms with van der Waals surface area (Å²) in [5.41, 5.74) is 3.92. The van der Waals surface area contributed by atoms with E-state index in [1.165, 1.54) is 18.0 Å². The van der Waals surface area contributed by atoms with Crippen LogP contribution in [0.1, 0.15) is 26.2 Å². The van der Waals surface area contributed by atoms with Crippen molar-refractivity contribution in [2.24, 2.45) is 0 Å². The Kier molecular flexibility index (Phi) is 5.95. The highest BCUT2D eigenvalue weighted by Gasteiger charge is 2.30. The molecule has 0 fully saturated rings. The van der Waals surface area contributed by atoms with Crippen LogP contribution in [0.15, 0.2) is 54.9 Å². The third kappa shape index (κ3) is 3.68. The average Bonchev–Trinajstić information content (AvgIpc) is 2.41. The van der Waals surface area contributed by atoms with E-state index in [9.17, 15) is 0 Å². The second-order valence-corrected chi connectivity index (χ2v) is 7.39. The highest BCUT2D eigenvalue weighted by Crippen LogP contribution is 2.10. The maximum atomic E-state index is 6.12. The average molecular weight is 246 g/mol. The molecule has 1 aromatic carbocycles. The van der Waals surface area contributed by atoms with Crippen molar-refractivity contribution in [3.8, 4) is 0 Å². The molecule has 2 heteroatoms. The summed E-state index contributed by atoms with van der Waals surface area (Å²) in [6.45, 7) is 10.9. The van der Waals surface area contributed by atoms with Crippen LogP contribution in [0, 0.1) is 0 Å². The Morgan fingerprint density at radius 3 is 2.29 bits per heavy atom. The van der Waals surface area contributed by atoms with E-state index >= 15 is 0 Å². The van der Waals surface area contributed by atoms with Gasteiger partial charge in [-0.25, -0.2) is 0 Å². The lowest BCUT2D eigenvalue weighted by Crippen LogP contribution is -2.47. The number of rotatable bonds is 8. The summed E-state index contributed by atoms with van der Waals surface area (Å²) >= 11 is 0. The molecule has 1 nitrogen and oxygen atoms in total. The van der Waals surface area contributed by atoms with Gasteiger partial charge in [0, 0.05) is 6.61 Å². The summed E-state index contributed by atoms with van der Waals surface area (Å²) in [4.78, 5) is 0. The minimum absolute atomic E-state index is 0.799. The summed E-state index contributed by atoms with van der Waals surface area (Å²) in [6, 6.07) is 10.3. The zero-order valence-electron chi connectivity index (χ0n) is 10.7. The molecule has 17 heavy (non-hydrogen) atoms. The molecule has 0 saturated heterocycles. The standard InChI is InChI=1S/C15H22OSi/c1-4-7-11-14-16-17(5-2,6-3)15-12-9-8-10-13-15/h5-6,8-10,12-13H,2-4,7,11,14H2,1H3. The van der Waals surface area contributed by atoms with Crippen molar-refractivity contribution in [3.05, 3.63) is 54.9 Å². The zero-order valence-corrected chi connectivity index (χ0v) is 11.7. The monoisotopic (exact) mass is 246 g/mol. The highest BCUT2D eigenvalue weighted by molar-refractivity contribution is 6.94. The zero-order chi connectivity index (χ0) is 12.6. The molecule has 0 aliphatic rings. The molecule has 0 heterocycles. The Balaban J connectivity index is 2.75. The van der Waals surface area contributed by atoms with Crippen LogP contribution < -0.4 is 5.19 Å². The summed E-state index contributed by atoms with van der Waals surface area (Å²) in [5, 5.41) is 1.22. The first-order valence-corrected chi connectivity index (χ1v) is 8.32. The van der Waals surface area contributed by atoms with Gasteiger partial charge in [0.05, 0.1) is 0 Å². The third-order valence-corrected chi connectivity index (χ3v) is 6.05. The van der Waals surface area contributed by atoms with Crippen LogP contribution in [0.2, 0.25) is 0 Å². The Morgan fingerprint density at radius 2 is 1.76 bits per heavy atom. The summed E-state index contributed by atoms with van der Waals surface area (Å²) in [5.74, 6) is 0.